The summed E-state index contributed by atoms with van der Waals surface area (Å²) in [6.45, 7) is 5.29. The molecule has 0 aromatic heterocycles. The Bertz CT molecular complexity index is 1560. The van der Waals surface area contributed by atoms with Crippen LogP contribution in [0.3, 0.4) is 0 Å². The quantitative estimate of drug-likeness (QED) is 0.355. The molecule has 1 saturated carbocycles. The van der Waals surface area contributed by atoms with Gasteiger partial charge in [-0.15, -0.1) is 8.78 Å². The second-order valence-electron chi connectivity index (χ2n) is 11.9. The summed E-state index contributed by atoms with van der Waals surface area (Å²) < 4.78 is 42.7. The zero-order valence-corrected chi connectivity index (χ0v) is 23.5. The first-order valence-corrected chi connectivity index (χ1v) is 13.9. The molecular weight excluding hydrogens is 546 g/mol. The van der Waals surface area contributed by atoms with Gasteiger partial charge in [0.2, 0.25) is 5.91 Å². The number of carbonyl (C=O) groups is 2. The first kappa shape index (κ1) is 28.0. The van der Waals surface area contributed by atoms with Crippen molar-refractivity contribution in [1.29, 1.82) is 0 Å². The third-order valence-corrected chi connectivity index (χ3v) is 7.91. The van der Waals surface area contributed by atoms with Crippen LogP contribution in [-0.2, 0) is 10.2 Å². The number of carbonyl (C=O) groups excluding carboxylic acids is 2. The number of halogens is 2. The van der Waals surface area contributed by atoms with Crippen LogP contribution in [0.1, 0.15) is 77.9 Å². The zero-order chi connectivity index (χ0) is 29.9. The van der Waals surface area contributed by atoms with E-state index in [0.29, 0.717) is 36.1 Å². The van der Waals surface area contributed by atoms with Crippen molar-refractivity contribution in [1.82, 2.24) is 10.6 Å². The minimum atomic E-state index is -3.73. The molecule has 2 aliphatic heterocycles. The molecule has 2 heterocycles. The number of rotatable bonds is 7. The van der Waals surface area contributed by atoms with Crippen molar-refractivity contribution in [2.24, 2.45) is 0 Å². The molecule has 3 aromatic rings. The normalized spacial score (nSPS) is 21.1. The topological polar surface area (TPSA) is 106 Å². The van der Waals surface area contributed by atoms with Gasteiger partial charge in [0.15, 0.2) is 11.5 Å². The number of aliphatic hydroxyl groups is 1. The fourth-order valence-corrected chi connectivity index (χ4v) is 5.51. The highest BCUT2D eigenvalue weighted by atomic mass is 19.3. The van der Waals surface area contributed by atoms with E-state index in [2.05, 4.69) is 20.1 Å². The second kappa shape index (κ2) is 9.97. The number of aryl methyl sites for hydroxylation is 1. The number of hydrogen-bond donors (Lipinski definition) is 3. The minimum Gasteiger partial charge on any atom is -0.485 e. The number of alkyl halides is 2. The van der Waals surface area contributed by atoms with Crippen molar-refractivity contribution in [3.8, 4) is 17.2 Å². The minimum absolute atomic E-state index is 0.0625. The molecule has 0 unspecified atom stereocenters. The Labute approximate surface area is 242 Å². The predicted octanol–water partition coefficient (Wildman–Crippen LogP) is 5.23. The fraction of sp³-hybridized carbons (Fsp3) is 0.375. The summed E-state index contributed by atoms with van der Waals surface area (Å²) in [6, 6.07) is 17.0. The van der Waals surface area contributed by atoms with Crippen molar-refractivity contribution in [3.05, 3.63) is 88.5 Å². The van der Waals surface area contributed by atoms with Crippen molar-refractivity contribution in [2.75, 3.05) is 6.54 Å². The molecule has 220 valence electrons. The van der Waals surface area contributed by atoms with E-state index in [1.165, 1.54) is 12.1 Å². The Hall–Kier alpha value is -4.18. The Morgan fingerprint density at radius 2 is 1.76 bits per heavy atom. The van der Waals surface area contributed by atoms with E-state index in [0.717, 1.165) is 16.7 Å². The number of amides is 2. The summed E-state index contributed by atoms with van der Waals surface area (Å²) in [6.07, 6.45) is -2.62. The van der Waals surface area contributed by atoms with Gasteiger partial charge in [-0.25, -0.2) is 0 Å². The molecule has 3 N–H and O–H groups in total. The largest absolute Gasteiger partial charge is 0.586 e. The van der Waals surface area contributed by atoms with Gasteiger partial charge in [0.1, 0.15) is 11.9 Å². The average Bonchev–Trinajstić information content (AvgIpc) is 3.68. The average molecular weight is 579 g/mol. The van der Waals surface area contributed by atoms with Crippen LogP contribution < -0.4 is 24.8 Å². The molecule has 0 spiro atoms. The summed E-state index contributed by atoms with van der Waals surface area (Å²) in [7, 11) is 0. The van der Waals surface area contributed by atoms with Gasteiger partial charge in [0, 0.05) is 24.1 Å². The maximum Gasteiger partial charge on any atom is 0.586 e. The van der Waals surface area contributed by atoms with Crippen LogP contribution in [-0.4, -0.2) is 35.4 Å². The van der Waals surface area contributed by atoms with E-state index in [-0.39, 0.29) is 29.9 Å². The molecule has 8 nitrogen and oxygen atoms in total. The molecular formula is C32H32F2N2O6. The Morgan fingerprint density at radius 1 is 1.00 bits per heavy atom. The van der Waals surface area contributed by atoms with Crippen LogP contribution in [0.15, 0.2) is 60.7 Å². The maximum absolute atomic E-state index is 13.8. The fourth-order valence-electron chi connectivity index (χ4n) is 5.51. The lowest BCUT2D eigenvalue weighted by atomic mass is 9.89. The standard InChI is InChI=1S/C32H32F2N2O6/c1-18-7-9-22-23(36-29(38)31(11-12-31)21-8-10-24-27(15-21)42-32(33,34)41-24)16-25(40-26(22)13-18)19-5-4-6-20(14-19)28(37)35-17-30(2,3)39/h4-10,13-15,23,25,39H,11-12,16-17H2,1-3H3,(H,35,37)(H,36,38)/t23-,25-/m1/s1. The third-order valence-electron chi connectivity index (χ3n) is 7.91. The first-order chi connectivity index (χ1) is 19.8. The second-order valence-corrected chi connectivity index (χ2v) is 11.9. The first-order valence-electron chi connectivity index (χ1n) is 13.9. The lowest BCUT2D eigenvalue weighted by Crippen LogP contribution is -2.39. The maximum atomic E-state index is 13.8. The van der Waals surface area contributed by atoms with E-state index >= 15 is 0 Å². The van der Waals surface area contributed by atoms with E-state index in [4.69, 9.17) is 4.74 Å². The Balaban J connectivity index is 1.24. The van der Waals surface area contributed by atoms with Crippen LogP contribution >= 0.6 is 0 Å². The smallest absolute Gasteiger partial charge is 0.485 e. The van der Waals surface area contributed by atoms with Crippen LogP contribution in [0.4, 0.5) is 8.78 Å². The molecule has 2 amide bonds. The van der Waals surface area contributed by atoms with Crippen molar-refractivity contribution < 1.29 is 37.7 Å². The van der Waals surface area contributed by atoms with Crippen molar-refractivity contribution in [3.63, 3.8) is 0 Å². The van der Waals surface area contributed by atoms with Gasteiger partial charge >= 0.3 is 6.29 Å². The summed E-state index contributed by atoms with van der Waals surface area (Å²) in [5.41, 5.74) is 1.74. The van der Waals surface area contributed by atoms with Gasteiger partial charge in [0.05, 0.1) is 17.1 Å². The molecule has 0 bridgehead atoms. The lowest BCUT2D eigenvalue weighted by Gasteiger charge is -2.34. The molecule has 6 rings (SSSR count). The van der Waals surface area contributed by atoms with Crippen molar-refractivity contribution >= 4 is 11.8 Å². The van der Waals surface area contributed by atoms with Crippen LogP contribution in [0.5, 0.6) is 17.2 Å². The number of fused-ring (bicyclic) bond motifs is 2. The van der Waals surface area contributed by atoms with E-state index in [9.17, 15) is 23.5 Å². The monoisotopic (exact) mass is 578 g/mol. The predicted molar refractivity (Wildman–Crippen MR) is 149 cm³/mol. The summed E-state index contributed by atoms with van der Waals surface area (Å²) in [5.74, 6) is -0.0239. The SMILES string of the molecule is Cc1ccc2c(c1)O[C@@H](c1cccc(C(=O)NCC(C)(C)O)c1)C[C@H]2NC(=O)C1(c2ccc3c(c2)OC(F)(F)O3)CC1. The summed E-state index contributed by atoms with van der Waals surface area (Å²) in [5, 5.41) is 15.9. The van der Waals surface area contributed by atoms with Gasteiger partial charge in [-0.1, -0.05) is 30.3 Å². The van der Waals surface area contributed by atoms with Gasteiger partial charge < -0.3 is 30.0 Å². The van der Waals surface area contributed by atoms with E-state index in [1.54, 1.807) is 38.1 Å². The van der Waals surface area contributed by atoms with Gasteiger partial charge in [-0.3, -0.25) is 9.59 Å². The summed E-state index contributed by atoms with van der Waals surface area (Å²) >= 11 is 0. The highest BCUT2D eigenvalue weighted by Gasteiger charge is 2.53. The molecule has 3 aliphatic rings. The highest BCUT2D eigenvalue weighted by molar-refractivity contribution is 5.94. The lowest BCUT2D eigenvalue weighted by molar-refractivity contribution is -0.286. The number of hydrogen-bond acceptors (Lipinski definition) is 6. The highest BCUT2D eigenvalue weighted by Crippen LogP contribution is 2.52. The molecule has 42 heavy (non-hydrogen) atoms. The molecule has 1 fully saturated rings. The number of benzene rings is 3. The van der Waals surface area contributed by atoms with E-state index < -0.39 is 29.5 Å². The Kier molecular flexibility index (Phi) is 6.64. The number of nitrogens with one attached hydrogen (secondary N) is 2. The van der Waals surface area contributed by atoms with E-state index in [1.807, 2.05) is 31.2 Å². The molecule has 0 saturated heterocycles. The number of ether oxygens (including phenoxy) is 3. The van der Waals surface area contributed by atoms with Gasteiger partial charge in [-0.05, 0) is 80.6 Å². The van der Waals surface area contributed by atoms with Gasteiger partial charge in [-0.2, -0.15) is 0 Å². The molecule has 10 heteroatoms. The third kappa shape index (κ3) is 5.51. The van der Waals surface area contributed by atoms with Crippen molar-refractivity contribution in [2.45, 2.75) is 69.5 Å². The molecule has 2 atom stereocenters. The summed E-state index contributed by atoms with van der Waals surface area (Å²) in [4.78, 5) is 26.6. The molecule has 0 radical (unpaired) electrons. The molecule has 3 aromatic carbocycles. The van der Waals surface area contributed by atoms with Crippen LogP contribution in [0, 0.1) is 6.92 Å². The van der Waals surface area contributed by atoms with Crippen LogP contribution in [0.2, 0.25) is 0 Å². The van der Waals surface area contributed by atoms with Gasteiger partial charge in [0.25, 0.3) is 5.91 Å². The molecule has 1 aliphatic carbocycles. The van der Waals surface area contributed by atoms with Crippen LogP contribution in [0.25, 0.3) is 0 Å². The Morgan fingerprint density at radius 3 is 2.50 bits per heavy atom. The zero-order valence-electron chi connectivity index (χ0n) is 23.5.